The summed E-state index contributed by atoms with van der Waals surface area (Å²) >= 11 is 0. The van der Waals surface area contributed by atoms with Gasteiger partial charge in [0.25, 0.3) is 0 Å². The average molecular weight is 282 g/mol. The van der Waals surface area contributed by atoms with Gasteiger partial charge in [-0.05, 0) is 36.5 Å². The molecule has 108 valence electrons. The van der Waals surface area contributed by atoms with E-state index in [9.17, 15) is 9.59 Å². The van der Waals surface area contributed by atoms with E-state index in [1.165, 1.54) is 16.2 Å². The zero-order valence-corrected chi connectivity index (χ0v) is 12.0. The van der Waals surface area contributed by atoms with E-state index in [2.05, 4.69) is 11.4 Å². The predicted molar refractivity (Wildman–Crippen MR) is 82.4 cm³/mol. The van der Waals surface area contributed by atoms with Gasteiger partial charge in [0.1, 0.15) is 0 Å². The van der Waals surface area contributed by atoms with E-state index in [1.54, 1.807) is 19.3 Å². The number of amides is 1. The number of carbonyl (C=O) groups is 1. The van der Waals surface area contributed by atoms with Gasteiger partial charge in [-0.3, -0.25) is 9.59 Å². The second kappa shape index (κ2) is 5.56. The Morgan fingerprint density at radius 1 is 1.24 bits per heavy atom. The van der Waals surface area contributed by atoms with Crippen LogP contribution in [-0.2, 0) is 18.3 Å². The fourth-order valence-electron chi connectivity index (χ4n) is 2.92. The first-order valence-corrected chi connectivity index (χ1v) is 7.20. The summed E-state index contributed by atoms with van der Waals surface area (Å²) < 4.78 is 1.46. The summed E-state index contributed by atoms with van der Waals surface area (Å²) in [7, 11) is 1.67. The highest BCUT2D eigenvalue weighted by Crippen LogP contribution is 2.32. The molecule has 0 radical (unpaired) electrons. The summed E-state index contributed by atoms with van der Waals surface area (Å²) in [6.07, 6.45) is 4.59. The predicted octanol–water partition coefficient (Wildman–Crippen LogP) is 2.44. The molecule has 1 amide bonds. The number of aromatic nitrogens is 1. The number of rotatable bonds is 2. The summed E-state index contributed by atoms with van der Waals surface area (Å²) in [5, 5.41) is 2.92. The summed E-state index contributed by atoms with van der Waals surface area (Å²) in [5.74, 6) is -0.104. The monoisotopic (exact) mass is 282 g/mol. The minimum atomic E-state index is -0.104. The van der Waals surface area contributed by atoms with Crippen LogP contribution in [0.1, 0.15) is 29.9 Å². The smallest absolute Gasteiger partial charge is 0.250 e. The number of carbonyl (C=O) groups excluding carboxylic acids is 1. The number of anilines is 1. The Morgan fingerprint density at radius 3 is 2.86 bits per heavy atom. The van der Waals surface area contributed by atoms with Crippen LogP contribution in [0.25, 0.3) is 0 Å². The molecule has 1 aliphatic rings. The molecule has 1 atom stereocenters. The van der Waals surface area contributed by atoms with Crippen molar-refractivity contribution in [2.24, 2.45) is 7.05 Å². The molecule has 21 heavy (non-hydrogen) atoms. The number of nitrogens with one attached hydrogen (secondary N) is 1. The maximum absolute atomic E-state index is 12.5. The van der Waals surface area contributed by atoms with E-state index in [1.807, 2.05) is 18.2 Å². The molecule has 2 aromatic rings. The van der Waals surface area contributed by atoms with Crippen LogP contribution < -0.4 is 10.9 Å². The van der Waals surface area contributed by atoms with Crippen LogP contribution in [0.5, 0.6) is 0 Å². The van der Waals surface area contributed by atoms with Gasteiger partial charge < -0.3 is 9.88 Å². The van der Waals surface area contributed by atoms with Crippen LogP contribution in [0, 0.1) is 0 Å². The Bertz CT molecular complexity index is 734. The van der Waals surface area contributed by atoms with Gasteiger partial charge in [-0.1, -0.05) is 24.3 Å². The SMILES string of the molecule is Cn1cc(NC(=O)C2CCCc3ccccc32)ccc1=O. The van der Waals surface area contributed by atoms with E-state index >= 15 is 0 Å². The maximum Gasteiger partial charge on any atom is 0.250 e. The second-order valence-electron chi connectivity index (χ2n) is 5.50. The van der Waals surface area contributed by atoms with Gasteiger partial charge in [0.05, 0.1) is 11.6 Å². The van der Waals surface area contributed by atoms with Crippen molar-refractivity contribution in [3.05, 3.63) is 64.1 Å². The molecule has 1 aliphatic carbocycles. The Balaban J connectivity index is 1.83. The molecule has 0 aliphatic heterocycles. The van der Waals surface area contributed by atoms with Gasteiger partial charge in [-0.15, -0.1) is 0 Å². The van der Waals surface area contributed by atoms with Crippen LogP contribution >= 0.6 is 0 Å². The molecule has 0 saturated carbocycles. The first-order chi connectivity index (χ1) is 10.1. The molecule has 0 fully saturated rings. The number of benzene rings is 1. The fourth-order valence-corrected chi connectivity index (χ4v) is 2.92. The highest BCUT2D eigenvalue weighted by atomic mass is 16.2. The molecule has 1 unspecified atom stereocenters. The highest BCUT2D eigenvalue weighted by molar-refractivity contribution is 5.96. The first-order valence-electron chi connectivity index (χ1n) is 7.20. The molecular formula is C17H18N2O2. The largest absolute Gasteiger partial charge is 0.324 e. The van der Waals surface area contributed by atoms with Crippen molar-refractivity contribution >= 4 is 11.6 Å². The van der Waals surface area contributed by atoms with Gasteiger partial charge in [0, 0.05) is 19.3 Å². The lowest BCUT2D eigenvalue weighted by atomic mass is 9.82. The van der Waals surface area contributed by atoms with E-state index in [4.69, 9.17) is 0 Å². The standard InChI is InChI=1S/C17H18N2O2/c1-19-11-13(9-10-16(19)20)18-17(21)15-8-4-6-12-5-2-3-7-14(12)15/h2-3,5,7,9-11,15H,4,6,8H2,1H3,(H,18,21). The maximum atomic E-state index is 12.5. The lowest BCUT2D eigenvalue weighted by Crippen LogP contribution is -2.25. The summed E-state index contributed by atoms with van der Waals surface area (Å²) in [6.45, 7) is 0. The zero-order valence-electron chi connectivity index (χ0n) is 12.0. The lowest BCUT2D eigenvalue weighted by molar-refractivity contribution is -0.117. The summed E-state index contributed by atoms with van der Waals surface area (Å²) in [4.78, 5) is 23.9. The Kier molecular flexibility index (Phi) is 3.60. The number of pyridine rings is 1. The molecule has 0 bridgehead atoms. The van der Waals surface area contributed by atoms with Crippen LogP contribution in [0.4, 0.5) is 5.69 Å². The molecule has 1 N–H and O–H groups in total. The highest BCUT2D eigenvalue weighted by Gasteiger charge is 2.26. The van der Waals surface area contributed by atoms with Crippen LogP contribution in [0.2, 0.25) is 0 Å². The normalized spacial score (nSPS) is 17.1. The zero-order chi connectivity index (χ0) is 14.8. The molecule has 3 rings (SSSR count). The first kappa shape index (κ1) is 13.6. The quantitative estimate of drug-likeness (QED) is 0.919. The van der Waals surface area contributed by atoms with Crippen molar-refractivity contribution in [2.45, 2.75) is 25.2 Å². The fraction of sp³-hybridized carbons (Fsp3) is 0.294. The van der Waals surface area contributed by atoms with Gasteiger partial charge >= 0.3 is 0 Å². The number of nitrogens with zero attached hydrogens (tertiary/aromatic N) is 1. The topological polar surface area (TPSA) is 51.1 Å². The number of aryl methyl sites for hydroxylation is 2. The minimum absolute atomic E-state index is 0.000740. The van der Waals surface area contributed by atoms with Crippen LogP contribution in [-0.4, -0.2) is 10.5 Å². The van der Waals surface area contributed by atoms with Crippen molar-refractivity contribution in [1.82, 2.24) is 4.57 Å². The molecular weight excluding hydrogens is 264 g/mol. The summed E-state index contributed by atoms with van der Waals surface area (Å²) in [6, 6.07) is 11.3. The van der Waals surface area contributed by atoms with Gasteiger partial charge in [0.15, 0.2) is 0 Å². The molecule has 0 saturated heterocycles. The molecule has 0 spiro atoms. The van der Waals surface area contributed by atoms with Gasteiger partial charge in [0.2, 0.25) is 11.5 Å². The van der Waals surface area contributed by atoms with Crippen molar-refractivity contribution in [1.29, 1.82) is 0 Å². The van der Waals surface area contributed by atoms with Crippen molar-refractivity contribution in [3.8, 4) is 0 Å². The number of fused-ring (bicyclic) bond motifs is 1. The Labute approximate surface area is 123 Å². The van der Waals surface area contributed by atoms with E-state index in [0.717, 1.165) is 24.8 Å². The second-order valence-corrected chi connectivity index (χ2v) is 5.50. The van der Waals surface area contributed by atoms with Gasteiger partial charge in [-0.2, -0.15) is 0 Å². The Morgan fingerprint density at radius 2 is 2.05 bits per heavy atom. The van der Waals surface area contributed by atoms with Crippen molar-refractivity contribution in [2.75, 3.05) is 5.32 Å². The number of hydrogen-bond donors (Lipinski definition) is 1. The minimum Gasteiger partial charge on any atom is -0.324 e. The third kappa shape index (κ3) is 2.75. The van der Waals surface area contributed by atoms with E-state index in [-0.39, 0.29) is 17.4 Å². The number of hydrogen-bond acceptors (Lipinski definition) is 2. The summed E-state index contributed by atoms with van der Waals surface area (Å²) in [5.41, 5.74) is 2.97. The lowest BCUT2D eigenvalue weighted by Gasteiger charge is -2.24. The molecule has 4 nitrogen and oxygen atoms in total. The molecule has 1 heterocycles. The van der Waals surface area contributed by atoms with Gasteiger partial charge in [-0.25, -0.2) is 0 Å². The third-order valence-corrected chi connectivity index (χ3v) is 4.04. The van der Waals surface area contributed by atoms with E-state index in [0.29, 0.717) is 5.69 Å². The Hall–Kier alpha value is -2.36. The van der Waals surface area contributed by atoms with Crippen molar-refractivity contribution < 1.29 is 4.79 Å². The molecule has 1 aromatic carbocycles. The molecule has 4 heteroatoms. The molecule has 1 aromatic heterocycles. The average Bonchev–Trinajstić information content (AvgIpc) is 2.50. The van der Waals surface area contributed by atoms with Crippen molar-refractivity contribution in [3.63, 3.8) is 0 Å². The van der Waals surface area contributed by atoms with Crippen LogP contribution in [0.3, 0.4) is 0 Å². The van der Waals surface area contributed by atoms with Crippen LogP contribution in [0.15, 0.2) is 47.4 Å². The van der Waals surface area contributed by atoms with E-state index < -0.39 is 0 Å². The third-order valence-electron chi connectivity index (χ3n) is 4.04.